The highest BCUT2D eigenvalue weighted by atomic mass is 16.5. The van der Waals surface area contributed by atoms with E-state index in [9.17, 15) is 4.79 Å². The van der Waals surface area contributed by atoms with Crippen LogP contribution >= 0.6 is 0 Å². The van der Waals surface area contributed by atoms with Gasteiger partial charge in [-0.2, -0.15) is 0 Å². The fourth-order valence-corrected chi connectivity index (χ4v) is 2.36. The summed E-state index contributed by atoms with van der Waals surface area (Å²) in [7, 11) is 0. The van der Waals surface area contributed by atoms with Crippen molar-refractivity contribution in [2.45, 2.75) is 46.2 Å². The van der Waals surface area contributed by atoms with Gasteiger partial charge in [-0.05, 0) is 44.5 Å². The first-order chi connectivity index (χ1) is 12.1. The monoisotopic (exact) mass is 341 g/mol. The second-order valence-electron chi connectivity index (χ2n) is 6.23. The third-order valence-electron chi connectivity index (χ3n) is 3.61. The Hall–Kier alpha value is -2.56. The molecule has 0 aliphatic heterocycles. The van der Waals surface area contributed by atoms with Gasteiger partial charge < -0.3 is 15.4 Å². The highest BCUT2D eigenvalue weighted by Crippen LogP contribution is 2.16. The van der Waals surface area contributed by atoms with Crippen molar-refractivity contribution >= 4 is 11.6 Å². The van der Waals surface area contributed by atoms with Crippen LogP contribution < -0.4 is 15.4 Å². The van der Waals surface area contributed by atoms with E-state index in [2.05, 4.69) is 36.4 Å². The van der Waals surface area contributed by atoms with Gasteiger partial charge in [0.15, 0.2) is 0 Å². The lowest BCUT2D eigenvalue weighted by molar-refractivity contribution is 0.0950. The molecule has 1 aromatic carbocycles. The number of anilines is 1. The summed E-state index contributed by atoms with van der Waals surface area (Å²) in [6.07, 6.45) is 3.76. The van der Waals surface area contributed by atoms with E-state index >= 15 is 0 Å². The van der Waals surface area contributed by atoms with Crippen LogP contribution in [-0.2, 0) is 6.54 Å². The standard InChI is InChI=1S/C20H27N3O2/c1-4-5-12-25-20-17(9-7-11-21-20)14-22-19(24)16-8-6-10-18(13-16)23-15(2)3/h6-11,13,15,23H,4-5,12,14H2,1-3H3,(H,22,24). The highest BCUT2D eigenvalue weighted by Gasteiger charge is 2.09. The van der Waals surface area contributed by atoms with Crippen LogP contribution in [0.15, 0.2) is 42.6 Å². The molecule has 0 atom stereocenters. The summed E-state index contributed by atoms with van der Waals surface area (Å²) in [5, 5.41) is 6.24. The van der Waals surface area contributed by atoms with Crippen molar-refractivity contribution in [3.63, 3.8) is 0 Å². The van der Waals surface area contributed by atoms with Crippen molar-refractivity contribution < 1.29 is 9.53 Å². The third-order valence-corrected chi connectivity index (χ3v) is 3.61. The quantitative estimate of drug-likeness (QED) is 0.677. The van der Waals surface area contributed by atoms with Crippen molar-refractivity contribution in [3.05, 3.63) is 53.7 Å². The Morgan fingerprint density at radius 2 is 2.08 bits per heavy atom. The summed E-state index contributed by atoms with van der Waals surface area (Å²) >= 11 is 0. The second kappa shape index (κ2) is 9.67. The predicted molar refractivity (Wildman–Crippen MR) is 101 cm³/mol. The van der Waals surface area contributed by atoms with Gasteiger partial charge in [-0.3, -0.25) is 4.79 Å². The molecular weight excluding hydrogens is 314 g/mol. The average Bonchev–Trinajstić information content (AvgIpc) is 2.60. The minimum Gasteiger partial charge on any atom is -0.477 e. The SMILES string of the molecule is CCCCOc1ncccc1CNC(=O)c1cccc(NC(C)C)c1. The van der Waals surface area contributed by atoms with Gasteiger partial charge in [-0.15, -0.1) is 0 Å². The molecule has 2 rings (SSSR count). The van der Waals surface area contributed by atoms with Crippen LogP contribution in [0.1, 0.15) is 49.5 Å². The molecule has 1 amide bonds. The third kappa shape index (κ3) is 6.10. The number of hydrogen-bond acceptors (Lipinski definition) is 4. The zero-order valence-corrected chi connectivity index (χ0v) is 15.2. The predicted octanol–water partition coefficient (Wildman–Crippen LogP) is 4.01. The molecule has 0 spiro atoms. The number of nitrogens with one attached hydrogen (secondary N) is 2. The lowest BCUT2D eigenvalue weighted by Crippen LogP contribution is -2.23. The molecule has 0 saturated heterocycles. The summed E-state index contributed by atoms with van der Waals surface area (Å²) < 4.78 is 5.71. The maximum atomic E-state index is 12.4. The van der Waals surface area contributed by atoms with E-state index in [1.54, 1.807) is 6.20 Å². The number of carbonyl (C=O) groups excluding carboxylic acids is 1. The zero-order chi connectivity index (χ0) is 18.1. The molecule has 0 fully saturated rings. The summed E-state index contributed by atoms with van der Waals surface area (Å²) in [6.45, 7) is 7.27. The number of pyridine rings is 1. The molecule has 1 aromatic heterocycles. The lowest BCUT2D eigenvalue weighted by atomic mass is 10.1. The molecule has 2 aromatic rings. The van der Waals surface area contributed by atoms with Gasteiger partial charge >= 0.3 is 0 Å². The van der Waals surface area contributed by atoms with Crippen LogP contribution in [0.25, 0.3) is 0 Å². The van der Waals surface area contributed by atoms with Gasteiger partial charge in [-0.1, -0.05) is 25.5 Å². The van der Waals surface area contributed by atoms with Crippen molar-refractivity contribution in [1.82, 2.24) is 10.3 Å². The number of rotatable bonds is 9. The van der Waals surface area contributed by atoms with Crippen molar-refractivity contribution in [2.75, 3.05) is 11.9 Å². The van der Waals surface area contributed by atoms with E-state index in [-0.39, 0.29) is 5.91 Å². The molecule has 5 heteroatoms. The lowest BCUT2D eigenvalue weighted by Gasteiger charge is -2.12. The van der Waals surface area contributed by atoms with Crippen LogP contribution in [0.2, 0.25) is 0 Å². The Labute approximate surface area is 149 Å². The first-order valence-electron chi connectivity index (χ1n) is 8.81. The van der Waals surface area contributed by atoms with Crippen LogP contribution in [0.3, 0.4) is 0 Å². The molecule has 5 nitrogen and oxygen atoms in total. The van der Waals surface area contributed by atoms with E-state index < -0.39 is 0 Å². The topological polar surface area (TPSA) is 63.2 Å². The number of amides is 1. The summed E-state index contributed by atoms with van der Waals surface area (Å²) in [5.74, 6) is 0.474. The molecule has 134 valence electrons. The Bertz CT molecular complexity index is 686. The van der Waals surface area contributed by atoms with Crippen molar-refractivity contribution in [1.29, 1.82) is 0 Å². The van der Waals surface area contributed by atoms with Crippen LogP contribution in [0.4, 0.5) is 5.69 Å². The molecule has 0 unspecified atom stereocenters. The number of hydrogen-bond donors (Lipinski definition) is 2. The van der Waals surface area contributed by atoms with Gasteiger partial charge in [0.2, 0.25) is 5.88 Å². The van der Waals surface area contributed by atoms with Crippen LogP contribution in [0, 0.1) is 0 Å². The Balaban J connectivity index is 1.98. The van der Waals surface area contributed by atoms with Crippen LogP contribution in [-0.4, -0.2) is 23.5 Å². The zero-order valence-electron chi connectivity index (χ0n) is 15.2. The Kier molecular flexibility index (Phi) is 7.26. The van der Waals surface area contributed by atoms with E-state index in [1.807, 2.05) is 36.4 Å². The number of nitrogens with zero attached hydrogens (tertiary/aromatic N) is 1. The molecular formula is C20H27N3O2. The molecule has 0 aliphatic carbocycles. The van der Waals surface area contributed by atoms with Crippen molar-refractivity contribution in [3.8, 4) is 5.88 Å². The van der Waals surface area contributed by atoms with Crippen molar-refractivity contribution in [2.24, 2.45) is 0 Å². The van der Waals surface area contributed by atoms with Gasteiger partial charge in [-0.25, -0.2) is 4.98 Å². The molecule has 0 aliphatic rings. The van der Waals surface area contributed by atoms with Gasteiger partial charge in [0.25, 0.3) is 5.91 Å². The smallest absolute Gasteiger partial charge is 0.251 e. The summed E-state index contributed by atoms with van der Waals surface area (Å²) in [5.41, 5.74) is 2.44. The average molecular weight is 341 g/mol. The maximum Gasteiger partial charge on any atom is 0.251 e. The molecule has 0 saturated carbocycles. The number of ether oxygens (including phenoxy) is 1. The Morgan fingerprint density at radius 3 is 2.84 bits per heavy atom. The highest BCUT2D eigenvalue weighted by molar-refractivity contribution is 5.95. The number of carbonyl (C=O) groups is 1. The summed E-state index contributed by atoms with van der Waals surface area (Å²) in [6, 6.07) is 11.6. The minimum atomic E-state index is -0.115. The Morgan fingerprint density at radius 1 is 1.24 bits per heavy atom. The van der Waals surface area contributed by atoms with E-state index in [0.29, 0.717) is 30.6 Å². The van der Waals surface area contributed by atoms with E-state index in [0.717, 1.165) is 24.1 Å². The molecule has 2 N–H and O–H groups in total. The molecule has 0 radical (unpaired) electrons. The molecule has 25 heavy (non-hydrogen) atoms. The maximum absolute atomic E-state index is 12.4. The molecule has 0 bridgehead atoms. The van der Waals surface area contributed by atoms with E-state index in [4.69, 9.17) is 4.74 Å². The fourth-order valence-electron chi connectivity index (χ4n) is 2.36. The normalized spacial score (nSPS) is 10.6. The number of unbranched alkanes of at least 4 members (excludes halogenated alkanes) is 1. The second-order valence-corrected chi connectivity index (χ2v) is 6.23. The minimum absolute atomic E-state index is 0.115. The van der Waals surface area contributed by atoms with Gasteiger partial charge in [0, 0.05) is 35.6 Å². The molecule has 1 heterocycles. The number of benzene rings is 1. The van der Waals surface area contributed by atoms with E-state index in [1.165, 1.54) is 0 Å². The van der Waals surface area contributed by atoms with Gasteiger partial charge in [0.1, 0.15) is 0 Å². The summed E-state index contributed by atoms with van der Waals surface area (Å²) in [4.78, 5) is 16.7. The fraction of sp³-hybridized carbons (Fsp3) is 0.400. The first-order valence-corrected chi connectivity index (χ1v) is 8.81. The number of aromatic nitrogens is 1. The van der Waals surface area contributed by atoms with Crippen LogP contribution in [0.5, 0.6) is 5.88 Å². The van der Waals surface area contributed by atoms with Gasteiger partial charge in [0.05, 0.1) is 6.61 Å². The first kappa shape index (κ1) is 18.8. The largest absolute Gasteiger partial charge is 0.477 e.